The first-order chi connectivity index (χ1) is 14.7. The molecule has 31 heavy (non-hydrogen) atoms. The van der Waals surface area contributed by atoms with Crippen molar-refractivity contribution in [3.8, 4) is 0 Å². The lowest BCUT2D eigenvalue weighted by molar-refractivity contribution is -0.137. The van der Waals surface area contributed by atoms with E-state index in [4.69, 9.17) is 10.5 Å². The summed E-state index contributed by atoms with van der Waals surface area (Å²) in [6, 6.07) is 13.2. The number of nitrogens with zero attached hydrogens (tertiary/aromatic N) is 2. The van der Waals surface area contributed by atoms with Crippen molar-refractivity contribution in [1.29, 1.82) is 0 Å². The first-order valence-electron chi connectivity index (χ1n) is 9.41. The molecule has 1 atom stereocenters. The highest BCUT2D eigenvalue weighted by atomic mass is 19.4. The van der Waals surface area contributed by atoms with Crippen LogP contribution in [0.4, 0.5) is 30.5 Å². The highest BCUT2D eigenvalue weighted by molar-refractivity contribution is 6.00. The van der Waals surface area contributed by atoms with E-state index in [1.807, 2.05) is 0 Å². The highest BCUT2D eigenvalue weighted by Gasteiger charge is 2.31. The zero-order valence-electron chi connectivity index (χ0n) is 16.6. The van der Waals surface area contributed by atoms with Crippen LogP contribution in [0.15, 0.2) is 54.6 Å². The second kappa shape index (κ2) is 9.09. The van der Waals surface area contributed by atoms with Crippen LogP contribution >= 0.6 is 0 Å². The molecule has 3 rings (SSSR count). The summed E-state index contributed by atoms with van der Waals surface area (Å²) in [5.41, 5.74) is 5.78. The number of esters is 1. The molecule has 7 nitrogen and oxygen atoms in total. The number of aliphatic hydroxyl groups is 1. The summed E-state index contributed by atoms with van der Waals surface area (Å²) in [6.07, 6.45) is -5.50. The van der Waals surface area contributed by atoms with Crippen molar-refractivity contribution in [3.05, 3.63) is 71.3 Å². The van der Waals surface area contributed by atoms with Gasteiger partial charge in [-0.25, -0.2) is 9.48 Å². The molecule has 0 saturated heterocycles. The van der Waals surface area contributed by atoms with Gasteiger partial charge in [-0.1, -0.05) is 36.4 Å². The number of carbonyl (C=O) groups excluding carboxylic acids is 1. The minimum Gasteiger partial charge on any atom is -0.462 e. The lowest BCUT2D eigenvalue weighted by atomic mass is 10.1. The SMILES string of the molecule is CCOC(=O)c1c(Nc2cccc(C(F)(F)F)c2)nn(CC(O)c2ccccc2)c1N. The monoisotopic (exact) mass is 434 g/mol. The van der Waals surface area contributed by atoms with Gasteiger partial charge in [-0.2, -0.15) is 18.3 Å². The van der Waals surface area contributed by atoms with E-state index in [1.54, 1.807) is 37.3 Å². The van der Waals surface area contributed by atoms with Crippen molar-refractivity contribution in [2.75, 3.05) is 17.7 Å². The maximum atomic E-state index is 13.0. The predicted octanol–water partition coefficient (Wildman–Crippen LogP) is 4.14. The molecule has 0 aliphatic carbocycles. The van der Waals surface area contributed by atoms with Gasteiger partial charge in [0.15, 0.2) is 5.82 Å². The van der Waals surface area contributed by atoms with E-state index in [1.165, 1.54) is 16.8 Å². The van der Waals surface area contributed by atoms with Crippen LogP contribution in [-0.2, 0) is 17.5 Å². The minimum absolute atomic E-state index is 0.0635. The molecule has 4 N–H and O–H groups in total. The van der Waals surface area contributed by atoms with Crippen LogP contribution in [0.2, 0.25) is 0 Å². The third kappa shape index (κ3) is 5.15. The Morgan fingerprint density at radius 2 is 1.94 bits per heavy atom. The summed E-state index contributed by atoms with van der Waals surface area (Å²) in [6.45, 7) is 1.60. The molecule has 0 amide bonds. The zero-order chi connectivity index (χ0) is 22.6. The molecule has 1 unspecified atom stereocenters. The number of hydrogen-bond acceptors (Lipinski definition) is 6. The maximum absolute atomic E-state index is 13.0. The number of nitrogen functional groups attached to an aromatic ring is 1. The number of hydrogen-bond donors (Lipinski definition) is 3. The summed E-state index contributed by atoms with van der Waals surface area (Å²) >= 11 is 0. The number of anilines is 3. The molecule has 2 aromatic carbocycles. The van der Waals surface area contributed by atoms with E-state index in [0.717, 1.165) is 12.1 Å². The van der Waals surface area contributed by atoms with Gasteiger partial charge in [-0.3, -0.25) is 0 Å². The normalized spacial score (nSPS) is 12.4. The third-order valence-electron chi connectivity index (χ3n) is 4.45. The number of carbonyl (C=O) groups is 1. The quantitative estimate of drug-likeness (QED) is 0.483. The van der Waals surface area contributed by atoms with Gasteiger partial charge in [0, 0.05) is 5.69 Å². The van der Waals surface area contributed by atoms with Crippen LogP contribution in [0, 0.1) is 0 Å². The fourth-order valence-electron chi connectivity index (χ4n) is 2.96. The van der Waals surface area contributed by atoms with Gasteiger partial charge < -0.3 is 20.9 Å². The molecule has 1 aromatic heterocycles. The zero-order valence-corrected chi connectivity index (χ0v) is 16.6. The van der Waals surface area contributed by atoms with Gasteiger partial charge in [-0.15, -0.1) is 0 Å². The largest absolute Gasteiger partial charge is 0.462 e. The molecule has 1 heterocycles. The first kappa shape index (κ1) is 22.2. The average Bonchev–Trinajstić information content (AvgIpc) is 3.03. The minimum atomic E-state index is -4.53. The Bertz CT molecular complexity index is 1050. The molecule has 0 saturated carbocycles. The summed E-state index contributed by atoms with van der Waals surface area (Å²) in [4.78, 5) is 12.4. The maximum Gasteiger partial charge on any atom is 0.416 e. The van der Waals surface area contributed by atoms with Crippen LogP contribution in [0.3, 0.4) is 0 Å². The Hall–Kier alpha value is -3.53. The average molecular weight is 434 g/mol. The molecular weight excluding hydrogens is 413 g/mol. The van der Waals surface area contributed by atoms with Crippen molar-refractivity contribution in [2.45, 2.75) is 25.7 Å². The number of ether oxygens (including phenoxy) is 1. The van der Waals surface area contributed by atoms with E-state index in [-0.39, 0.29) is 36.0 Å². The van der Waals surface area contributed by atoms with E-state index in [0.29, 0.717) is 5.56 Å². The molecule has 0 aliphatic rings. The number of aliphatic hydroxyl groups excluding tert-OH is 1. The number of rotatable bonds is 7. The van der Waals surface area contributed by atoms with Gasteiger partial charge in [0.2, 0.25) is 0 Å². The van der Waals surface area contributed by atoms with E-state index in [2.05, 4.69) is 10.4 Å². The fraction of sp³-hybridized carbons (Fsp3) is 0.238. The van der Waals surface area contributed by atoms with Gasteiger partial charge in [-0.05, 0) is 30.7 Å². The Morgan fingerprint density at radius 1 is 1.23 bits per heavy atom. The van der Waals surface area contributed by atoms with Gasteiger partial charge in [0.1, 0.15) is 11.4 Å². The number of alkyl halides is 3. The second-order valence-corrected chi connectivity index (χ2v) is 6.64. The number of nitrogens with two attached hydrogens (primary N) is 1. The van der Waals surface area contributed by atoms with Gasteiger partial charge >= 0.3 is 12.1 Å². The summed E-state index contributed by atoms with van der Waals surface area (Å²) in [5.74, 6) is -0.937. The Labute approximate surface area is 176 Å². The molecule has 164 valence electrons. The standard InChI is InChI=1S/C21H21F3N4O3/c1-2-31-20(30)17-18(25)28(12-16(29)13-7-4-3-5-8-13)27-19(17)26-15-10-6-9-14(11-15)21(22,23)24/h3-11,16,29H,2,12,25H2,1H3,(H,26,27). The fourth-order valence-corrected chi connectivity index (χ4v) is 2.96. The van der Waals surface area contributed by atoms with Crippen LogP contribution in [0.25, 0.3) is 0 Å². The Kier molecular flexibility index (Phi) is 6.50. The number of nitrogens with one attached hydrogen (secondary N) is 1. The molecule has 0 bridgehead atoms. The smallest absolute Gasteiger partial charge is 0.416 e. The summed E-state index contributed by atoms with van der Waals surface area (Å²) in [7, 11) is 0. The van der Waals surface area contributed by atoms with Gasteiger partial charge in [0.25, 0.3) is 0 Å². The lowest BCUT2D eigenvalue weighted by Crippen LogP contribution is -2.14. The topological polar surface area (TPSA) is 102 Å². The summed E-state index contributed by atoms with van der Waals surface area (Å²) < 4.78 is 45.3. The molecule has 10 heteroatoms. The van der Waals surface area contributed by atoms with Crippen molar-refractivity contribution >= 4 is 23.3 Å². The molecule has 0 spiro atoms. The Balaban J connectivity index is 1.95. The summed E-state index contributed by atoms with van der Waals surface area (Å²) in [5, 5.41) is 17.4. The second-order valence-electron chi connectivity index (χ2n) is 6.64. The van der Waals surface area contributed by atoms with Crippen molar-refractivity contribution in [2.24, 2.45) is 0 Å². The van der Waals surface area contributed by atoms with Crippen LogP contribution < -0.4 is 11.1 Å². The predicted molar refractivity (Wildman–Crippen MR) is 109 cm³/mol. The van der Waals surface area contributed by atoms with Gasteiger partial charge in [0.05, 0.1) is 24.8 Å². The number of aromatic nitrogens is 2. The molecule has 0 aliphatic heterocycles. The highest BCUT2D eigenvalue weighted by Crippen LogP contribution is 2.33. The molecule has 0 radical (unpaired) electrons. The van der Waals surface area contributed by atoms with E-state index < -0.39 is 23.8 Å². The van der Waals surface area contributed by atoms with Crippen LogP contribution in [-0.4, -0.2) is 27.5 Å². The number of halogens is 3. The Morgan fingerprint density at radius 3 is 2.58 bits per heavy atom. The molecular formula is C21H21F3N4O3. The number of benzene rings is 2. The van der Waals surface area contributed by atoms with Crippen molar-refractivity contribution in [1.82, 2.24) is 9.78 Å². The van der Waals surface area contributed by atoms with Crippen LogP contribution in [0.5, 0.6) is 0 Å². The lowest BCUT2D eigenvalue weighted by Gasteiger charge is -2.12. The third-order valence-corrected chi connectivity index (χ3v) is 4.45. The molecule has 0 fully saturated rings. The van der Waals surface area contributed by atoms with Crippen molar-refractivity contribution < 1.29 is 27.8 Å². The van der Waals surface area contributed by atoms with Crippen LogP contribution in [0.1, 0.15) is 34.5 Å². The van der Waals surface area contributed by atoms with E-state index in [9.17, 15) is 23.1 Å². The van der Waals surface area contributed by atoms with Crippen molar-refractivity contribution in [3.63, 3.8) is 0 Å². The van der Waals surface area contributed by atoms with E-state index >= 15 is 0 Å². The molecule has 3 aromatic rings. The first-order valence-corrected chi connectivity index (χ1v) is 9.41.